The SMILES string of the molecule is COc1cc(OC)cc(C(=O)CCCC2(C(=O)NCc3ccc(Nc4ccccc4C(F)(F)F)cc3)CCOC2)c1. The lowest BCUT2D eigenvalue weighted by Gasteiger charge is -2.26. The van der Waals surface area contributed by atoms with E-state index in [9.17, 15) is 22.8 Å². The van der Waals surface area contributed by atoms with Crippen LogP contribution in [0.3, 0.4) is 0 Å². The molecule has 0 spiro atoms. The quantitative estimate of drug-likeness (QED) is 0.241. The lowest BCUT2D eigenvalue weighted by molar-refractivity contribution is -0.137. The van der Waals surface area contributed by atoms with Gasteiger partial charge in [-0.3, -0.25) is 9.59 Å². The van der Waals surface area contributed by atoms with Crippen molar-refractivity contribution in [2.75, 3.05) is 32.8 Å². The fraction of sp³-hybridized carbons (Fsp3) is 0.355. The number of rotatable bonds is 12. The highest BCUT2D eigenvalue weighted by atomic mass is 19.4. The summed E-state index contributed by atoms with van der Waals surface area (Å²) in [5.74, 6) is 0.848. The molecule has 1 aliphatic heterocycles. The van der Waals surface area contributed by atoms with Crippen LogP contribution >= 0.6 is 0 Å². The van der Waals surface area contributed by atoms with E-state index < -0.39 is 17.2 Å². The molecule has 0 aromatic heterocycles. The Morgan fingerprint density at radius 3 is 2.27 bits per heavy atom. The van der Waals surface area contributed by atoms with Crippen molar-refractivity contribution in [1.82, 2.24) is 5.32 Å². The fourth-order valence-corrected chi connectivity index (χ4v) is 4.87. The van der Waals surface area contributed by atoms with Crippen LogP contribution in [0, 0.1) is 5.41 Å². The molecule has 0 aliphatic carbocycles. The van der Waals surface area contributed by atoms with Crippen molar-refractivity contribution in [1.29, 1.82) is 0 Å². The van der Waals surface area contributed by atoms with Crippen molar-refractivity contribution in [2.45, 2.75) is 38.4 Å². The zero-order valence-electron chi connectivity index (χ0n) is 23.0. The number of nitrogens with one attached hydrogen (secondary N) is 2. The molecule has 4 rings (SSSR count). The van der Waals surface area contributed by atoms with Gasteiger partial charge in [-0.05, 0) is 61.2 Å². The molecule has 0 bridgehead atoms. The lowest BCUT2D eigenvalue weighted by atomic mass is 9.80. The highest BCUT2D eigenvalue weighted by Crippen LogP contribution is 2.37. The van der Waals surface area contributed by atoms with Crippen LogP contribution in [0.2, 0.25) is 0 Å². The van der Waals surface area contributed by atoms with Gasteiger partial charge in [-0.2, -0.15) is 13.2 Å². The Bertz CT molecular complexity index is 1330. The second-order valence-corrected chi connectivity index (χ2v) is 10.0. The molecule has 1 aliphatic rings. The number of hydrogen-bond acceptors (Lipinski definition) is 6. The van der Waals surface area contributed by atoms with E-state index in [0.717, 1.165) is 11.6 Å². The summed E-state index contributed by atoms with van der Waals surface area (Å²) < 4.78 is 55.9. The van der Waals surface area contributed by atoms with Crippen molar-refractivity contribution >= 4 is 23.1 Å². The average molecular weight is 571 g/mol. The molecule has 0 saturated carbocycles. The second-order valence-electron chi connectivity index (χ2n) is 10.0. The molecular weight excluding hydrogens is 537 g/mol. The minimum absolute atomic E-state index is 0.0340. The summed E-state index contributed by atoms with van der Waals surface area (Å²) in [4.78, 5) is 26.1. The van der Waals surface area contributed by atoms with Gasteiger partial charge in [0.05, 0.1) is 37.5 Å². The van der Waals surface area contributed by atoms with Gasteiger partial charge in [0.25, 0.3) is 0 Å². The van der Waals surface area contributed by atoms with Crippen molar-refractivity contribution in [3.8, 4) is 11.5 Å². The van der Waals surface area contributed by atoms with Crippen molar-refractivity contribution in [3.63, 3.8) is 0 Å². The standard InChI is InChI=1S/C31H33F3N2O5/c1-39-24-16-22(17-25(18-24)40-2)28(37)8-5-13-30(14-15-41-20-30)29(38)35-19-21-9-11-23(12-10-21)36-27-7-4-3-6-26(27)31(32,33)34/h3-4,6-7,9-12,16-18,36H,5,8,13-15,19-20H2,1-2H3,(H,35,38). The van der Waals surface area contributed by atoms with Gasteiger partial charge < -0.3 is 24.8 Å². The number of Topliss-reactive ketones (excluding diaryl/α,β-unsaturated/α-hetero) is 1. The number of ketones is 1. The predicted molar refractivity (Wildman–Crippen MR) is 149 cm³/mol. The molecule has 2 N–H and O–H groups in total. The Labute approximate surface area is 237 Å². The number of carbonyl (C=O) groups is 2. The Kier molecular flexibility index (Phi) is 9.54. The van der Waals surface area contributed by atoms with Gasteiger partial charge in [0, 0.05) is 36.9 Å². The summed E-state index contributed by atoms with van der Waals surface area (Å²) in [6.45, 7) is 0.998. The van der Waals surface area contributed by atoms with E-state index in [1.165, 1.54) is 32.4 Å². The zero-order chi connectivity index (χ0) is 29.5. The maximum Gasteiger partial charge on any atom is 0.418 e. The Morgan fingerprint density at radius 2 is 1.66 bits per heavy atom. The lowest BCUT2D eigenvalue weighted by Crippen LogP contribution is -2.41. The van der Waals surface area contributed by atoms with Crippen LogP contribution in [0.5, 0.6) is 11.5 Å². The summed E-state index contributed by atoms with van der Waals surface area (Å²) in [6, 6.07) is 17.2. The largest absolute Gasteiger partial charge is 0.497 e. The van der Waals surface area contributed by atoms with Crippen LogP contribution in [-0.4, -0.2) is 39.1 Å². The molecule has 3 aromatic rings. The van der Waals surface area contributed by atoms with Gasteiger partial charge in [0.1, 0.15) is 11.5 Å². The van der Waals surface area contributed by atoms with Gasteiger partial charge in [0.2, 0.25) is 5.91 Å². The first-order chi connectivity index (χ1) is 19.6. The Morgan fingerprint density at radius 1 is 0.976 bits per heavy atom. The molecule has 1 unspecified atom stereocenters. The molecule has 41 heavy (non-hydrogen) atoms. The number of ether oxygens (including phenoxy) is 3. The third kappa shape index (κ3) is 7.58. The molecule has 3 aromatic carbocycles. The molecule has 7 nitrogen and oxygen atoms in total. The first-order valence-corrected chi connectivity index (χ1v) is 13.3. The minimum atomic E-state index is -4.47. The number of amides is 1. The Balaban J connectivity index is 1.32. The maximum atomic E-state index is 13.3. The highest BCUT2D eigenvalue weighted by molar-refractivity contribution is 5.97. The van der Waals surface area contributed by atoms with Crippen molar-refractivity contribution in [3.05, 3.63) is 83.4 Å². The van der Waals surface area contributed by atoms with Crippen LogP contribution in [-0.2, 0) is 22.3 Å². The summed E-state index contributed by atoms with van der Waals surface area (Å²) in [5, 5.41) is 5.79. The van der Waals surface area contributed by atoms with E-state index >= 15 is 0 Å². The molecule has 1 amide bonds. The summed E-state index contributed by atoms with van der Waals surface area (Å²) in [7, 11) is 3.04. The van der Waals surface area contributed by atoms with Gasteiger partial charge in [0.15, 0.2) is 5.78 Å². The monoisotopic (exact) mass is 570 g/mol. The van der Waals surface area contributed by atoms with E-state index in [1.807, 2.05) is 0 Å². The summed E-state index contributed by atoms with van der Waals surface area (Å²) in [6.07, 6.45) is -2.65. The smallest absolute Gasteiger partial charge is 0.418 e. The third-order valence-electron chi connectivity index (χ3n) is 7.24. The number of benzene rings is 3. The van der Waals surface area contributed by atoms with E-state index in [2.05, 4.69) is 10.6 Å². The van der Waals surface area contributed by atoms with E-state index in [4.69, 9.17) is 14.2 Å². The predicted octanol–water partition coefficient (Wildman–Crippen LogP) is 6.54. The number of alkyl halides is 3. The number of hydrogen-bond donors (Lipinski definition) is 2. The molecule has 218 valence electrons. The first kappa shape index (κ1) is 29.9. The van der Waals surface area contributed by atoms with Gasteiger partial charge >= 0.3 is 6.18 Å². The van der Waals surface area contributed by atoms with Gasteiger partial charge in [-0.1, -0.05) is 24.3 Å². The zero-order valence-corrected chi connectivity index (χ0v) is 23.0. The molecule has 1 saturated heterocycles. The highest BCUT2D eigenvalue weighted by Gasteiger charge is 2.41. The minimum Gasteiger partial charge on any atom is -0.497 e. The average Bonchev–Trinajstić information content (AvgIpc) is 3.46. The molecule has 1 heterocycles. The summed E-state index contributed by atoms with van der Waals surface area (Å²) in [5.41, 5.74) is 0.274. The second kappa shape index (κ2) is 13.1. The van der Waals surface area contributed by atoms with E-state index in [1.54, 1.807) is 42.5 Å². The number of para-hydroxylation sites is 1. The van der Waals surface area contributed by atoms with Crippen LogP contribution in [0.15, 0.2) is 66.7 Å². The summed E-state index contributed by atoms with van der Waals surface area (Å²) >= 11 is 0. The first-order valence-electron chi connectivity index (χ1n) is 13.3. The van der Waals surface area contributed by atoms with E-state index in [-0.39, 0.29) is 37.0 Å². The van der Waals surface area contributed by atoms with Crippen LogP contribution in [0.25, 0.3) is 0 Å². The van der Waals surface area contributed by atoms with Crippen molar-refractivity contribution < 1.29 is 37.0 Å². The molecular formula is C31H33F3N2O5. The fourth-order valence-electron chi connectivity index (χ4n) is 4.87. The Hall–Kier alpha value is -4.05. The van der Waals surface area contributed by atoms with Crippen molar-refractivity contribution in [2.24, 2.45) is 5.41 Å². The van der Waals surface area contributed by atoms with E-state index in [0.29, 0.717) is 48.6 Å². The van der Waals surface area contributed by atoms with Crippen LogP contribution in [0.1, 0.15) is 47.2 Å². The topological polar surface area (TPSA) is 85.9 Å². The molecule has 10 heteroatoms. The molecule has 1 fully saturated rings. The normalized spacial score (nSPS) is 16.7. The number of anilines is 2. The van der Waals surface area contributed by atoms with Gasteiger partial charge in [-0.15, -0.1) is 0 Å². The maximum absolute atomic E-state index is 13.3. The third-order valence-corrected chi connectivity index (χ3v) is 7.24. The number of halogens is 3. The van der Waals surface area contributed by atoms with Crippen LogP contribution < -0.4 is 20.1 Å². The van der Waals surface area contributed by atoms with Crippen LogP contribution in [0.4, 0.5) is 24.5 Å². The number of methoxy groups -OCH3 is 2. The van der Waals surface area contributed by atoms with Gasteiger partial charge in [-0.25, -0.2) is 0 Å². The number of carbonyl (C=O) groups excluding carboxylic acids is 2. The molecule has 1 atom stereocenters. The molecule has 0 radical (unpaired) electrons.